The average molecular weight is 301 g/mol. The van der Waals surface area contributed by atoms with Crippen molar-refractivity contribution in [3.8, 4) is 0 Å². The van der Waals surface area contributed by atoms with Crippen molar-refractivity contribution >= 4 is 27.3 Å². The van der Waals surface area contributed by atoms with Gasteiger partial charge in [-0.25, -0.2) is 0 Å². The van der Waals surface area contributed by atoms with Crippen LogP contribution < -0.4 is 4.90 Å². The Hall–Kier alpha value is -1.14. The number of nitro benzene ring substituents is 1. The summed E-state index contributed by atoms with van der Waals surface area (Å²) in [5.74, 6) is 0. The van der Waals surface area contributed by atoms with Gasteiger partial charge in [0.1, 0.15) is 0 Å². The number of alkyl halides is 1. The lowest BCUT2D eigenvalue weighted by Crippen LogP contribution is -2.36. The van der Waals surface area contributed by atoms with Crippen molar-refractivity contribution < 1.29 is 9.66 Å². The molecule has 0 radical (unpaired) electrons. The summed E-state index contributed by atoms with van der Waals surface area (Å²) >= 11 is 3.29. The minimum absolute atomic E-state index is 0.166. The fraction of sp³-hybridized carbons (Fsp3) is 0.455. The Morgan fingerprint density at radius 3 is 2.71 bits per heavy atom. The van der Waals surface area contributed by atoms with Crippen LogP contribution in [0.15, 0.2) is 18.2 Å². The Morgan fingerprint density at radius 1 is 1.41 bits per heavy atom. The van der Waals surface area contributed by atoms with E-state index in [1.54, 1.807) is 12.1 Å². The molecule has 1 fully saturated rings. The second-order valence-corrected chi connectivity index (χ2v) is 4.36. The van der Waals surface area contributed by atoms with Gasteiger partial charge >= 0.3 is 0 Å². The van der Waals surface area contributed by atoms with Crippen molar-refractivity contribution in [2.45, 2.75) is 5.33 Å². The van der Waals surface area contributed by atoms with Crippen LogP contribution in [0.5, 0.6) is 0 Å². The first kappa shape index (κ1) is 12.3. The second-order valence-electron chi connectivity index (χ2n) is 3.80. The molecule has 1 aromatic carbocycles. The molecule has 0 spiro atoms. The van der Waals surface area contributed by atoms with Gasteiger partial charge in [0.15, 0.2) is 0 Å². The number of hydrogen-bond acceptors (Lipinski definition) is 4. The first-order valence-electron chi connectivity index (χ1n) is 5.38. The lowest BCUT2D eigenvalue weighted by Gasteiger charge is -2.29. The molecule has 0 aliphatic carbocycles. The fourth-order valence-corrected chi connectivity index (χ4v) is 2.32. The molecule has 0 unspecified atom stereocenters. The van der Waals surface area contributed by atoms with E-state index in [0.29, 0.717) is 24.1 Å². The third-order valence-corrected chi connectivity index (χ3v) is 3.38. The largest absolute Gasteiger partial charge is 0.378 e. The first-order valence-corrected chi connectivity index (χ1v) is 6.50. The molecule has 1 saturated heterocycles. The van der Waals surface area contributed by atoms with Gasteiger partial charge in [0.05, 0.1) is 18.1 Å². The third-order valence-electron chi connectivity index (χ3n) is 2.78. The monoisotopic (exact) mass is 300 g/mol. The molecule has 2 rings (SSSR count). The summed E-state index contributed by atoms with van der Waals surface area (Å²) in [5, 5.41) is 11.3. The van der Waals surface area contributed by atoms with Crippen molar-refractivity contribution in [1.82, 2.24) is 0 Å². The summed E-state index contributed by atoms with van der Waals surface area (Å²) < 4.78 is 5.28. The van der Waals surface area contributed by atoms with E-state index in [0.717, 1.165) is 18.8 Å². The van der Waals surface area contributed by atoms with Crippen molar-refractivity contribution in [2.75, 3.05) is 31.2 Å². The van der Waals surface area contributed by atoms with Crippen LogP contribution in [0.3, 0.4) is 0 Å². The van der Waals surface area contributed by atoms with E-state index in [4.69, 9.17) is 4.74 Å². The fourth-order valence-electron chi connectivity index (χ4n) is 1.88. The van der Waals surface area contributed by atoms with Gasteiger partial charge in [-0.3, -0.25) is 10.1 Å². The zero-order valence-electron chi connectivity index (χ0n) is 9.26. The van der Waals surface area contributed by atoms with Gasteiger partial charge in [0.2, 0.25) is 0 Å². The Kier molecular flexibility index (Phi) is 3.96. The maximum Gasteiger partial charge on any atom is 0.273 e. The van der Waals surface area contributed by atoms with Gasteiger partial charge in [-0.2, -0.15) is 0 Å². The van der Waals surface area contributed by atoms with E-state index < -0.39 is 0 Å². The van der Waals surface area contributed by atoms with Crippen LogP contribution in [0, 0.1) is 10.1 Å². The molecule has 1 aliphatic rings. The predicted molar refractivity (Wildman–Crippen MR) is 68.8 cm³/mol. The lowest BCUT2D eigenvalue weighted by atomic mass is 10.1. The van der Waals surface area contributed by atoms with E-state index in [-0.39, 0.29) is 10.6 Å². The number of hydrogen-bond donors (Lipinski definition) is 0. The molecule has 1 aromatic rings. The van der Waals surface area contributed by atoms with E-state index in [1.807, 2.05) is 6.07 Å². The summed E-state index contributed by atoms with van der Waals surface area (Å²) in [7, 11) is 0. The van der Waals surface area contributed by atoms with Crippen LogP contribution in [0.1, 0.15) is 5.56 Å². The number of anilines is 1. The Morgan fingerprint density at radius 2 is 2.12 bits per heavy atom. The summed E-state index contributed by atoms with van der Waals surface area (Å²) in [4.78, 5) is 12.7. The minimum Gasteiger partial charge on any atom is -0.378 e. The molecule has 0 bridgehead atoms. The van der Waals surface area contributed by atoms with Crippen LogP contribution in [0.4, 0.5) is 11.4 Å². The van der Waals surface area contributed by atoms with Crippen LogP contribution in [0.25, 0.3) is 0 Å². The van der Waals surface area contributed by atoms with E-state index in [9.17, 15) is 10.1 Å². The summed E-state index contributed by atoms with van der Waals surface area (Å²) in [5.41, 5.74) is 1.89. The molecule has 6 heteroatoms. The van der Waals surface area contributed by atoms with Gasteiger partial charge in [-0.1, -0.05) is 15.9 Å². The van der Waals surface area contributed by atoms with E-state index in [2.05, 4.69) is 20.8 Å². The molecular formula is C11H13BrN2O3. The molecular weight excluding hydrogens is 288 g/mol. The van der Waals surface area contributed by atoms with Crippen LogP contribution >= 0.6 is 15.9 Å². The normalized spacial score (nSPS) is 15.9. The highest BCUT2D eigenvalue weighted by molar-refractivity contribution is 9.08. The number of halogens is 1. The third kappa shape index (κ3) is 2.76. The van der Waals surface area contributed by atoms with Gasteiger partial charge < -0.3 is 9.64 Å². The highest BCUT2D eigenvalue weighted by atomic mass is 79.9. The first-order chi connectivity index (χ1) is 8.22. The molecule has 0 aromatic heterocycles. The zero-order valence-corrected chi connectivity index (χ0v) is 10.9. The number of nitrogens with zero attached hydrogens (tertiary/aromatic N) is 2. The quantitative estimate of drug-likeness (QED) is 0.488. The molecule has 17 heavy (non-hydrogen) atoms. The summed E-state index contributed by atoms with van der Waals surface area (Å²) in [6.07, 6.45) is 0. The summed E-state index contributed by atoms with van der Waals surface area (Å²) in [6.45, 7) is 3.08. The Labute approximate surface area is 108 Å². The van der Waals surface area contributed by atoms with Crippen molar-refractivity contribution in [3.05, 3.63) is 33.9 Å². The average Bonchev–Trinajstić information content (AvgIpc) is 2.39. The van der Waals surface area contributed by atoms with E-state index in [1.165, 1.54) is 0 Å². The van der Waals surface area contributed by atoms with Gasteiger partial charge in [-0.15, -0.1) is 0 Å². The molecule has 0 amide bonds. The number of ether oxygens (including phenoxy) is 1. The molecule has 92 valence electrons. The Balaban J connectivity index is 2.27. The van der Waals surface area contributed by atoms with Crippen LogP contribution in [-0.4, -0.2) is 31.2 Å². The van der Waals surface area contributed by atoms with Crippen molar-refractivity contribution in [3.63, 3.8) is 0 Å². The van der Waals surface area contributed by atoms with Gasteiger partial charge in [-0.05, 0) is 12.1 Å². The predicted octanol–water partition coefficient (Wildman–Crippen LogP) is 2.33. The maximum absolute atomic E-state index is 10.8. The zero-order chi connectivity index (χ0) is 12.3. The second kappa shape index (κ2) is 5.46. The highest BCUT2D eigenvalue weighted by Crippen LogP contribution is 2.27. The van der Waals surface area contributed by atoms with Crippen molar-refractivity contribution in [2.24, 2.45) is 0 Å². The molecule has 5 nitrogen and oxygen atoms in total. The van der Waals surface area contributed by atoms with Crippen LogP contribution in [0.2, 0.25) is 0 Å². The lowest BCUT2D eigenvalue weighted by molar-refractivity contribution is -0.385. The summed E-state index contributed by atoms with van der Waals surface area (Å²) in [6, 6.07) is 5.25. The number of morpholine rings is 1. The van der Waals surface area contributed by atoms with Crippen molar-refractivity contribution in [1.29, 1.82) is 0 Å². The number of rotatable bonds is 3. The molecule has 1 aliphatic heterocycles. The number of benzene rings is 1. The smallest absolute Gasteiger partial charge is 0.273 e. The highest BCUT2D eigenvalue weighted by Gasteiger charge is 2.17. The Bertz CT molecular complexity index is 419. The molecule has 0 atom stereocenters. The topological polar surface area (TPSA) is 55.6 Å². The van der Waals surface area contributed by atoms with Gasteiger partial charge in [0, 0.05) is 35.7 Å². The van der Waals surface area contributed by atoms with E-state index >= 15 is 0 Å². The molecule has 0 N–H and O–H groups in total. The molecule has 0 saturated carbocycles. The minimum atomic E-state index is -0.348. The SMILES string of the molecule is O=[N+]([O-])c1ccc(N2CCOCC2)cc1CBr. The molecule has 1 heterocycles. The number of nitro groups is 1. The van der Waals surface area contributed by atoms with Gasteiger partial charge in [0.25, 0.3) is 5.69 Å². The van der Waals surface area contributed by atoms with Crippen LogP contribution in [-0.2, 0) is 10.1 Å². The standard InChI is InChI=1S/C11H13BrN2O3/c12-8-9-7-10(1-2-11(9)14(15)16)13-3-5-17-6-4-13/h1-2,7H,3-6,8H2. The maximum atomic E-state index is 10.8.